The summed E-state index contributed by atoms with van der Waals surface area (Å²) in [5, 5.41) is 9.52. The molecule has 1 nitrogen and oxygen atoms in total. The van der Waals surface area contributed by atoms with Gasteiger partial charge in [0.15, 0.2) is 0 Å². The van der Waals surface area contributed by atoms with Crippen LogP contribution in [0.15, 0.2) is 29.2 Å². The summed E-state index contributed by atoms with van der Waals surface area (Å²) in [6.45, 7) is 4.02. The highest BCUT2D eigenvalue weighted by Gasteiger charge is 2.25. The molecule has 0 spiro atoms. The molecule has 0 aliphatic carbocycles. The highest BCUT2D eigenvalue weighted by molar-refractivity contribution is 7.99. The van der Waals surface area contributed by atoms with Crippen molar-refractivity contribution in [3.63, 3.8) is 0 Å². The van der Waals surface area contributed by atoms with Gasteiger partial charge in [-0.3, -0.25) is 0 Å². The molecule has 0 bridgehead atoms. The van der Waals surface area contributed by atoms with Crippen LogP contribution in [-0.4, -0.2) is 17.0 Å². The van der Waals surface area contributed by atoms with Gasteiger partial charge < -0.3 is 5.11 Å². The van der Waals surface area contributed by atoms with Crippen molar-refractivity contribution in [3.05, 3.63) is 29.8 Å². The summed E-state index contributed by atoms with van der Waals surface area (Å²) < 4.78 is 0. The average molecular weight is 222 g/mol. The van der Waals surface area contributed by atoms with Gasteiger partial charge in [0.2, 0.25) is 0 Å². The number of fused-ring (bicyclic) bond motifs is 1. The number of thioether (sulfide) groups is 1. The number of aliphatic hydroxyl groups excluding tert-OH is 1. The first-order valence-corrected chi connectivity index (χ1v) is 6.57. The number of rotatable bonds is 3. The van der Waals surface area contributed by atoms with E-state index in [1.807, 2.05) is 18.7 Å². The fourth-order valence-electron chi connectivity index (χ4n) is 2.07. The maximum atomic E-state index is 9.52. The molecule has 1 aliphatic rings. The molecule has 0 amide bonds. The van der Waals surface area contributed by atoms with Crippen molar-refractivity contribution in [1.82, 2.24) is 0 Å². The third-order valence-electron chi connectivity index (χ3n) is 3.28. The Kier molecular flexibility index (Phi) is 3.37. The summed E-state index contributed by atoms with van der Waals surface area (Å²) in [7, 11) is 0. The van der Waals surface area contributed by atoms with E-state index in [4.69, 9.17) is 0 Å². The molecule has 2 heteroatoms. The molecular formula is C13H18OS. The molecule has 0 radical (unpaired) electrons. The van der Waals surface area contributed by atoms with Crippen LogP contribution in [0.2, 0.25) is 0 Å². The second-order valence-corrected chi connectivity index (χ2v) is 5.56. The van der Waals surface area contributed by atoms with E-state index >= 15 is 0 Å². The van der Waals surface area contributed by atoms with Gasteiger partial charge in [0.1, 0.15) is 0 Å². The Bertz CT molecular complexity index is 335. The zero-order valence-electron chi connectivity index (χ0n) is 9.31. The van der Waals surface area contributed by atoms with Crippen molar-refractivity contribution < 1.29 is 5.11 Å². The first-order valence-electron chi connectivity index (χ1n) is 5.58. The summed E-state index contributed by atoms with van der Waals surface area (Å²) in [6, 6.07) is 8.65. The monoisotopic (exact) mass is 222 g/mol. The zero-order chi connectivity index (χ0) is 10.8. The van der Waals surface area contributed by atoms with Gasteiger partial charge in [-0.1, -0.05) is 25.1 Å². The second-order valence-electron chi connectivity index (χ2n) is 4.50. The predicted molar refractivity (Wildman–Crippen MR) is 65.4 cm³/mol. The molecule has 2 rings (SSSR count). The molecule has 1 aliphatic heterocycles. The number of hydrogen-bond acceptors (Lipinski definition) is 2. The minimum Gasteiger partial charge on any atom is -0.393 e. The molecule has 0 saturated heterocycles. The van der Waals surface area contributed by atoms with Gasteiger partial charge in [-0.2, -0.15) is 0 Å². The fourth-order valence-corrected chi connectivity index (χ4v) is 3.34. The summed E-state index contributed by atoms with van der Waals surface area (Å²) in [5.41, 5.74) is 1.48. The number of hydrogen-bond donors (Lipinski definition) is 1. The van der Waals surface area contributed by atoms with Crippen LogP contribution >= 0.6 is 11.8 Å². The Morgan fingerprint density at radius 1 is 1.40 bits per heavy atom. The highest BCUT2D eigenvalue weighted by Crippen LogP contribution is 2.42. The van der Waals surface area contributed by atoms with Gasteiger partial charge in [0.25, 0.3) is 0 Å². The van der Waals surface area contributed by atoms with Gasteiger partial charge >= 0.3 is 0 Å². The Labute approximate surface area is 95.9 Å². The molecule has 1 aromatic carbocycles. The molecule has 15 heavy (non-hydrogen) atoms. The fraction of sp³-hybridized carbons (Fsp3) is 0.538. The van der Waals surface area contributed by atoms with Crippen molar-refractivity contribution >= 4 is 11.8 Å². The van der Waals surface area contributed by atoms with Crippen LogP contribution in [-0.2, 0) is 0 Å². The summed E-state index contributed by atoms with van der Waals surface area (Å²) in [4.78, 5) is 1.43. The predicted octanol–water partition coefficient (Wildman–Crippen LogP) is 3.28. The normalized spacial score (nSPS) is 23.5. The molecule has 0 saturated carbocycles. The quantitative estimate of drug-likeness (QED) is 0.847. The first-order chi connectivity index (χ1) is 7.18. The van der Waals surface area contributed by atoms with Gasteiger partial charge in [-0.15, -0.1) is 11.8 Å². The minimum absolute atomic E-state index is 0.192. The lowest BCUT2D eigenvalue weighted by atomic mass is 9.89. The van der Waals surface area contributed by atoms with Crippen LogP contribution < -0.4 is 0 Å². The first kappa shape index (κ1) is 11.0. The smallest absolute Gasteiger partial charge is 0.0537 e. The van der Waals surface area contributed by atoms with Crippen LogP contribution in [0.1, 0.15) is 31.7 Å². The summed E-state index contributed by atoms with van der Waals surface area (Å²) in [5.74, 6) is 2.20. The van der Waals surface area contributed by atoms with E-state index in [1.54, 1.807) is 0 Å². The van der Waals surface area contributed by atoms with Gasteiger partial charge in [-0.05, 0) is 36.8 Å². The Morgan fingerprint density at radius 2 is 2.13 bits per heavy atom. The van der Waals surface area contributed by atoms with E-state index in [2.05, 4.69) is 31.2 Å². The zero-order valence-corrected chi connectivity index (χ0v) is 10.1. The summed E-state index contributed by atoms with van der Waals surface area (Å²) >= 11 is 1.95. The van der Waals surface area contributed by atoms with E-state index < -0.39 is 0 Å². The lowest BCUT2D eigenvalue weighted by molar-refractivity contribution is 0.127. The maximum absolute atomic E-state index is 9.52. The van der Waals surface area contributed by atoms with E-state index in [9.17, 15) is 5.11 Å². The SMILES string of the molecule is CC(O)C(C)CC1CSc2ccccc21. The van der Waals surface area contributed by atoms with Crippen LogP contribution in [0, 0.1) is 5.92 Å². The Morgan fingerprint density at radius 3 is 2.87 bits per heavy atom. The lowest BCUT2D eigenvalue weighted by Crippen LogP contribution is -2.16. The van der Waals surface area contributed by atoms with Crippen LogP contribution in [0.4, 0.5) is 0 Å². The molecule has 0 aromatic heterocycles. The number of aliphatic hydroxyl groups is 1. The molecule has 0 fully saturated rings. The third kappa shape index (κ3) is 2.37. The van der Waals surface area contributed by atoms with Gasteiger partial charge in [-0.25, -0.2) is 0 Å². The molecule has 1 N–H and O–H groups in total. The van der Waals surface area contributed by atoms with E-state index in [0.29, 0.717) is 11.8 Å². The standard InChI is InChI=1S/C13H18OS/c1-9(10(2)14)7-11-8-15-13-6-4-3-5-12(11)13/h3-6,9-11,14H,7-8H2,1-2H3. The van der Waals surface area contributed by atoms with Gasteiger partial charge in [0.05, 0.1) is 6.10 Å². The second kappa shape index (κ2) is 4.58. The molecule has 1 heterocycles. The van der Waals surface area contributed by atoms with Crippen molar-refractivity contribution in [2.75, 3.05) is 5.75 Å². The van der Waals surface area contributed by atoms with Crippen molar-refractivity contribution in [3.8, 4) is 0 Å². The van der Waals surface area contributed by atoms with E-state index in [0.717, 1.165) is 6.42 Å². The van der Waals surface area contributed by atoms with Crippen molar-refractivity contribution in [2.24, 2.45) is 5.92 Å². The Hall–Kier alpha value is -0.470. The number of benzene rings is 1. The third-order valence-corrected chi connectivity index (χ3v) is 4.53. The topological polar surface area (TPSA) is 20.2 Å². The van der Waals surface area contributed by atoms with Crippen LogP contribution in [0.25, 0.3) is 0 Å². The average Bonchev–Trinajstić information content (AvgIpc) is 2.62. The molecular weight excluding hydrogens is 204 g/mol. The highest BCUT2D eigenvalue weighted by atomic mass is 32.2. The van der Waals surface area contributed by atoms with E-state index in [-0.39, 0.29) is 6.10 Å². The van der Waals surface area contributed by atoms with Crippen molar-refractivity contribution in [1.29, 1.82) is 0 Å². The Balaban J connectivity index is 2.08. The lowest BCUT2D eigenvalue weighted by Gasteiger charge is -2.19. The largest absolute Gasteiger partial charge is 0.393 e. The minimum atomic E-state index is -0.192. The maximum Gasteiger partial charge on any atom is 0.0537 e. The molecule has 3 unspecified atom stereocenters. The summed E-state index contributed by atoms with van der Waals surface area (Å²) in [6.07, 6.45) is 0.907. The molecule has 3 atom stereocenters. The van der Waals surface area contributed by atoms with Gasteiger partial charge in [0, 0.05) is 10.6 Å². The van der Waals surface area contributed by atoms with Crippen LogP contribution in [0.3, 0.4) is 0 Å². The van der Waals surface area contributed by atoms with Crippen LogP contribution in [0.5, 0.6) is 0 Å². The molecule has 82 valence electrons. The molecule has 1 aromatic rings. The van der Waals surface area contributed by atoms with Crippen molar-refractivity contribution in [2.45, 2.75) is 37.2 Å². The van der Waals surface area contributed by atoms with E-state index in [1.165, 1.54) is 16.2 Å².